The average molecular weight is 440 g/mol. The van der Waals surface area contributed by atoms with Gasteiger partial charge in [-0.1, -0.05) is 12.1 Å². The van der Waals surface area contributed by atoms with E-state index in [0.29, 0.717) is 52.4 Å². The van der Waals surface area contributed by atoms with E-state index in [9.17, 15) is 9.18 Å². The summed E-state index contributed by atoms with van der Waals surface area (Å²) in [5.74, 6) is 0.802. The topological polar surface area (TPSA) is 94.6 Å². The van der Waals surface area contributed by atoms with Crippen LogP contribution in [0.5, 0.6) is 11.5 Å². The van der Waals surface area contributed by atoms with Gasteiger partial charge in [0.15, 0.2) is 11.5 Å². The number of nitrogens with zero attached hydrogens (tertiary/aromatic N) is 2. The number of carbonyl (C=O) groups is 1. The van der Waals surface area contributed by atoms with Crippen LogP contribution in [0.4, 0.5) is 15.9 Å². The molecule has 0 amide bonds. The largest absolute Gasteiger partial charge is 0.493 e. The monoisotopic (exact) mass is 440 g/mol. The van der Waals surface area contributed by atoms with Crippen LogP contribution in [-0.4, -0.2) is 48.8 Å². The molecule has 1 aliphatic heterocycles. The van der Waals surface area contributed by atoms with Crippen molar-refractivity contribution >= 4 is 28.4 Å². The third-order valence-electron chi connectivity index (χ3n) is 5.50. The highest BCUT2D eigenvalue weighted by Crippen LogP contribution is 2.36. The highest BCUT2D eigenvalue weighted by molar-refractivity contribution is 5.93. The number of ether oxygens (including phenoxy) is 3. The van der Waals surface area contributed by atoms with E-state index in [1.165, 1.54) is 13.4 Å². The number of hydrogen-bond donors (Lipinski definition) is 2. The number of benzene rings is 2. The molecule has 4 rings (SSSR count). The molecule has 168 valence electrons. The summed E-state index contributed by atoms with van der Waals surface area (Å²) in [7, 11) is 2.92. The standard InChI is InChI=1S/C23H25FN4O4/c1-13-5-4-6-16(21(13)24)28-22-15-10-20(19(30-2)11-17(15)26-12-27-22)32-14-7-8-25-18(9-14)23(29)31-3/h4-6,10-12,14,18,25H,7-9H2,1-3H3,(H,26,27,28)/t14-,18+/m1/s1. The summed E-state index contributed by atoms with van der Waals surface area (Å²) in [6, 6.07) is 8.24. The molecule has 1 aliphatic rings. The zero-order valence-electron chi connectivity index (χ0n) is 18.1. The quantitative estimate of drug-likeness (QED) is 0.563. The van der Waals surface area contributed by atoms with Gasteiger partial charge in [-0.3, -0.25) is 4.79 Å². The number of esters is 1. The molecule has 2 aromatic carbocycles. The molecule has 0 saturated carbocycles. The number of nitrogens with one attached hydrogen (secondary N) is 2. The van der Waals surface area contributed by atoms with Gasteiger partial charge >= 0.3 is 5.97 Å². The Morgan fingerprint density at radius 2 is 2.06 bits per heavy atom. The molecule has 32 heavy (non-hydrogen) atoms. The predicted octanol–water partition coefficient (Wildman–Crippen LogP) is 3.50. The lowest BCUT2D eigenvalue weighted by Crippen LogP contribution is -2.47. The highest BCUT2D eigenvalue weighted by Gasteiger charge is 2.29. The van der Waals surface area contributed by atoms with Crippen LogP contribution in [0.2, 0.25) is 0 Å². The lowest BCUT2D eigenvalue weighted by atomic mass is 10.0. The van der Waals surface area contributed by atoms with Gasteiger partial charge in [0.05, 0.1) is 25.4 Å². The highest BCUT2D eigenvalue weighted by atomic mass is 19.1. The number of rotatable bonds is 6. The molecule has 8 nitrogen and oxygen atoms in total. The number of aryl methyl sites for hydroxylation is 1. The molecule has 0 spiro atoms. The van der Waals surface area contributed by atoms with Crippen molar-refractivity contribution in [2.45, 2.75) is 31.9 Å². The van der Waals surface area contributed by atoms with Gasteiger partial charge in [-0.25, -0.2) is 14.4 Å². The molecule has 1 fully saturated rings. The number of aromatic nitrogens is 2. The van der Waals surface area contributed by atoms with Crippen LogP contribution in [0, 0.1) is 12.7 Å². The van der Waals surface area contributed by atoms with Gasteiger partial charge < -0.3 is 24.8 Å². The minimum absolute atomic E-state index is 0.207. The van der Waals surface area contributed by atoms with Crippen LogP contribution >= 0.6 is 0 Å². The molecule has 1 aromatic heterocycles. The third kappa shape index (κ3) is 4.43. The fraction of sp³-hybridized carbons (Fsp3) is 0.348. The number of anilines is 2. The van der Waals surface area contributed by atoms with Gasteiger partial charge in [0.1, 0.15) is 30.1 Å². The van der Waals surface area contributed by atoms with E-state index < -0.39 is 6.04 Å². The number of hydrogen-bond acceptors (Lipinski definition) is 8. The summed E-state index contributed by atoms with van der Waals surface area (Å²) in [6.45, 7) is 2.33. The van der Waals surface area contributed by atoms with Crippen LogP contribution in [0.15, 0.2) is 36.7 Å². The van der Waals surface area contributed by atoms with Crippen LogP contribution in [0.1, 0.15) is 18.4 Å². The molecule has 0 unspecified atom stereocenters. The van der Waals surface area contributed by atoms with Crippen LogP contribution in [0.3, 0.4) is 0 Å². The number of piperidine rings is 1. The molecular weight excluding hydrogens is 415 g/mol. The number of carbonyl (C=O) groups excluding carboxylic acids is 1. The van der Waals surface area contributed by atoms with Gasteiger partial charge in [-0.15, -0.1) is 0 Å². The Balaban J connectivity index is 1.66. The van der Waals surface area contributed by atoms with Crippen molar-refractivity contribution in [3.05, 3.63) is 48.0 Å². The minimum atomic E-state index is -0.421. The molecule has 0 aliphatic carbocycles. The van der Waals surface area contributed by atoms with Gasteiger partial charge in [-0.2, -0.15) is 0 Å². The number of halogens is 1. The van der Waals surface area contributed by atoms with E-state index >= 15 is 0 Å². The first-order valence-electron chi connectivity index (χ1n) is 10.3. The molecule has 0 bridgehead atoms. The van der Waals surface area contributed by atoms with E-state index in [1.807, 2.05) is 0 Å². The summed E-state index contributed by atoms with van der Waals surface area (Å²) >= 11 is 0. The zero-order valence-corrected chi connectivity index (χ0v) is 18.1. The van der Waals surface area contributed by atoms with Crippen molar-refractivity contribution < 1.29 is 23.4 Å². The summed E-state index contributed by atoms with van der Waals surface area (Å²) in [6.07, 6.45) is 2.40. The first kappa shape index (κ1) is 21.8. The molecular formula is C23H25FN4O4. The first-order valence-corrected chi connectivity index (χ1v) is 10.3. The van der Waals surface area contributed by atoms with Crippen molar-refractivity contribution in [2.75, 3.05) is 26.1 Å². The van der Waals surface area contributed by atoms with Crippen LogP contribution < -0.4 is 20.1 Å². The lowest BCUT2D eigenvalue weighted by molar-refractivity contribution is -0.144. The fourth-order valence-corrected chi connectivity index (χ4v) is 3.78. The van der Waals surface area contributed by atoms with Gasteiger partial charge in [-0.05, 0) is 37.6 Å². The molecule has 2 atom stereocenters. The van der Waals surface area contributed by atoms with E-state index in [-0.39, 0.29) is 17.9 Å². The lowest BCUT2D eigenvalue weighted by Gasteiger charge is -2.29. The minimum Gasteiger partial charge on any atom is -0.493 e. The SMILES string of the molecule is COC(=O)[C@@H]1C[C@H](Oc2cc3c(Nc4cccc(C)c4F)ncnc3cc2OC)CCN1. The van der Waals surface area contributed by atoms with Crippen molar-refractivity contribution in [3.8, 4) is 11.5 Å². The smallest absolute Gasteiger partial charge is 0.322 e. The molecule has 9 heteroatoms. The van der Waals surface area contributed by atoms with Gasteiger partial charge in [0, 0.05) is 17.9 Å². The fourth-order valence-electron chi connectivity index (χ4n) is 3.78. The van der Waals surface area contributed by atoms with Crippen molar-refractivity contribution in [1.82, 2.24) is 15.3 Å². The molecule has 2 N–H and O–H groups in total. The Morgan fingerprint density at radius 3 is 2.84 bits per heavy atom. The Kier molecular flexibility index (Phi) is 6.36. The summed E-state index contributed by atoms with van der Waals surface area (Å²) in [5.41, 5.74) is 1.48. The average Bonchev–Trinajstić information content (AvgIpc) is 2.81. The van der Waals surface area contributed by atoms with Crippen molar-refractivity contribution in [1.29, 1.82) is 0 Å². The molecule has 2 heterocycles. The van der Waals surface area contributed by atoms with E-state index in [1.54, 1.807) is 44.4 Å². The Hall–Kier alpha value is -3.46. The second kappa shape index (κ2) is 9.35. The molecule has 3 aromatic rings. The maximum Gasteiger partial charge on any atom is 0.322 e. The number of methoxy groups -OCH3 is 2. The van der Waals surface area contributed by atoms with Gasteiger partial charge in [0.2, 0.25) is 0 Å². The van der Waals surface area contributed by atoms with E-state index in [2.05, 4.69) is 20.6 Å². The Labute approximate surface area is 185 Å². The van der Waals surface area contributed by atoms with Crippen LogP contribution in [-0.2, 0) is 9.53 Å². The summed E-state index contributed by atoms with van der Waals surface area (Å²) < 4.78 is 31.1. The second-order valence-electron chi connectivity index (χ2n) is 7.60. The maximum atomic E-state index is 14.5. The first-order chi connectivity index (χ1) is 15.5. The Bertz CT molecular complexity index is 1140. The van der Waals surface area contributed by atoms with Gasteiger partial charge in [0.25, 0.3) is 0 Å². The predicted molar refractivity (Wildman–Crippen MR) is 118 cm³/mol. The summed E-state index contributed by atoms with van der Waals surface area (Å²) in [5, 5.41) is 6.85. The number of fused-ring (bicyclic) bond motifs is 1. The molecule has 0 radical (unpaired) electrons. The van der Waals surface area contributed by atoms with E-state index in [0.717, 1.165) is 6.42 Å². The van der Waals surface area contributed by atoms with Crippen LogP contribution in [0.25, 0.3) is 10.9 Å². The maximum absolute atomic E-state index is 14.5. The third-order valence-corrected chi connectivity index (χ3v) is 5.50. The van der Waals surface area contributed by atoms with Crippen molar-refractivity contribution in [2.24, 2.45) is 0 Å². The Morgan fingerprint density at radius 1 is 1.22 bits per heavy atom. The van der Waals surface area contributed by atoms with E-state index in [4.69, 9.17) is 14.2 Å². The normalized spacial score (nSPS) is 18.2. The second-order valence-corrected chi connectivity index (χ2v) is 7.60. The molecule has 1 saturated heterocycles. The summed E-state index contributed by atoms with van der Waals surface area (Å²) in [4.78, 5) is 20.5. The zero-order chi connectivity index (χ0) is 22.7. The van der Waals surface area contributed by atoms with Crippen molar-refractivity contribution in [3.63, 3.8) is 0 Å².